The van der Waals surface area contributed by atoms with E-state index in [1.54, 1.807) is 34.1 Å². The first-order chi connectivity index (χ1) is 16.1. The molecule has 0 atom stereocenters. The number of carbonyl (C=O) groups excluding carboxylic acids is 2. The van der Waals surface area contributed by atoms with Crippen LogP contribution in [-0.2, 0) is 6.54 Å². The third kappa shape index (κ3) is 3.43. The summed E-state index contributed by atoms with van der Waals surface area (Å²) in [5, 5.41) is 7.34. The van der Waals surface area contributed by atoms with Crippen LogP contribution in [0.3, 0.4) is 0 Å². The molecule has 170 valence electrons. The third-order valence-corrected chi connectivity index (χ3v) is 7.19. The van der Waals surface area contributed by atoms with E-state index in [2.05, 4.69) is 25.2 Å². The van der Waals surface area contributed by atoms with Crippen molar-refractivity contribution in [1.29, 1.82) is 0 Å². The summed E-state index contributed by atoms with van der Waals surface area (Å²) in [6.07, 6.45) is 8.45. The SMILES string of the molecule is CN1Cc2cc(NC(=O)c3cnn4cccnc34)c(N3CCC(N4CCC4)CC3)cc2C1=O. The van der Waals surface area contributed by atoms with E-state index in [-0.39, 0.29) is 11.8 Å². The normalized spacial score (nSPS) is 19.1. The number of nitrogens with one attached hydrogen (secondary N) is 1. The van der Waals surface area contributed by atoms with E-state index in [0.717, 1.165) is 48.4 Å². The maximum atomic E-state index is 13.2. The molecule has 3 aliphatic rings. The summed E-state index contributed by atoms with van der Waals surface area (Å²) in [4.78, 5) is 36.8. The molecule has 9 nitrogen and oxygen atoms in total. The van der Waals surface area contributed by atoms with Crippen LogP contribution in [0.2, 0.25) is 0 Å². The lowest BCUT2D eigenvalue weighted by molar-refractivity contribution is 0.0816. The topological polar surface area (TPSA) is 86.1 Å². The molecule has 9 heteroatoms. The lowest BCUT2D eigenvalue weighted by Gasteiger charge is -2.43. The first kappa shape index (κ1) is 20.2. The van der Waals surface area contributed by atoms with Crippen molar-refractivity contribution in [2.75, 3.05) is 43.4 Å². The lowest BCUT2D eigenvalue weighted by Crippen LogP contribution is -2.50. The number of nitrogens with zero attached hydrogens (tertiary/aromatic N) is 6. The van der Waals surface area contributed by atoms with Crippen LogP contribution in [0.25, 0.3) is 5.65 Å². The molecule has 0 aliphatic carbocycles. The second-order valence-electron chi connectivity index (χ2n) is 9.20. The van der Waals surface area contributed by atoms with Gasteiger partial charge in [0.05, 0.1) is 17.6 Å². The molecule has 2 amide bonds. The molecule has 2 fully saturated rings. The Balaban J connectivity index is 1.31. The summed E-state index contributed by atoms with van der Waals surface area (Å²) in [5.74, 6) is -0.218. The van der Waals surface area contributed by atoms with Crippen LogP contribution in [0.4, 0.5) is 11.4 Å². The maximum absolute atomic E-state index is 13.2. The molecule has 0 saturated carbocycles. The van der Waals surface area contributed by atoms with Crippen molar-refractivity contribution < 1.29 is 9.59 Å². The largest absolute Gasteiger partial charge is 0.370 e. The van der Waals surface area contributed by atoms with E-state index in [1.807, 2.05) is 19.2 Å². The van der Waals surface area contributed by atoms with Crippen molar-refractivity contribution in [3.8, 4) is 0 Å². The van der Waals surface area contributed by atoms with E-state index in [1.165, 1.54) is 19.5 Å². The van der Waals surface area contributed by atoms with Gasteiger partial charge in [0, 0.05) is 50.7 Å². The minimum atomic E-state index is -0.252. The van der Waals surface area contributed by atoms with Crippen LogP contribution in [-0.4, -0.2) is 75.5 Å². The van der Waals surface area contributed by atoms with E-state index < -0.39 is 0 Å². The van der Waals surface area contributed by atoms with Gasteiger partial charge in [0.25, 0.3) is 11.8 Å². The number of hydrogen-bond donors (Lipinski definition) is 1. The standard InChI is InChI=1S/C24H27N7O2/c1-28-15-16-12-20(27-23(32)19-14-26-31-9-2-6-25-22(19)31)21(13-18(16)24(28)33)30-10-4-17(5-11-30)29-7-3-8-29/h2,6,9,12-14,17H,3-5,7-8,10-11,15H2,1H3,(H,27,32). The Labute approximate surface area is 192 Å². The fraction of sp³-hybridized carbons (Fsp3) is 0.417. The van der Waals surface area contributed by atoms with Gasteiger partial charge in [-0.25, -0.2) is 9.50 Å². The Morgan fingerprint density at radius 1 is 1.15 bits per heavy atom. The monoisotopic (exact) mass is 445 g/mol. The summed E-state index contributed by atoms with van der Waals surface area (Å²) in [7, 11) is 1.81. The average molecular weight is 446 g/mol. The predicted octanol–water partition coefficient (Wildman–Crippen LogP) is 2.24. The minimum absolute atomic E-state index is 0.0337. The molecule has 1 N–H and O–H groups in total. The number of amides is 2. The molecule has 0 bridgehead atoms. The molecule has 3 aromatic rings. The van der Waals surface area contributed by atoms with Crippen molar-refractivity contribution >= 4 is 28.8 Å². The molecule has 0 spiro atoms. The molecule has 1 aromatic carbocycles. The highest BCUT2D eigenvalue weighted by Crippen LogP contribution is 2.36. The summed E-state index contributed by atoms with van der Waals surface area (Å²) >= 11 is 0. The minimum Gasteiger partial charge on any atom is -0.370 e. The first-order valence-corrected chi connectivity index (χ1v) is 11.6. The fourth-order valence-corrected chi connectivity index (χ4v) is 5.21. The molecule has 2 aromatic heterocycles. The Kier molecular flexibility index (Phi) is 4.79. The van der Waals surface area contributed by atoms with E-state index in [0.29, 0.717) is 23.8 Å². The maximum Gasteiger partial charge on any atom is 0.261 e. The quantitative estimate of drug-likeness (QED) is 0.663. The second-order valence-corrected chi connectivity index (χ2v) is 9.20. The predicted molar refractivity (Wildman–Crippen MR) is 125 cm³/mol. The Morgan fingerprint density at radius 3 is 2.73 bits per heavy atom. The Bertz CT molecular complexity index is 1240. The van der Waals surface area contributed by atoms with Gasteiger partial charge in [0.15, 0.2) is 5.65 Å². The van der Waals surface area contributed by atoms with Crippen LogP contribution in [0.5, 0.6) is 0 Å². The van der Waals surface area contributed by atoms with Crippen LogP contribution < -0.4 is 10.2 Å². The fourth-order valence-electron chi connectivity index (χ4n) is 5.21. The van der Waals surface area contributed by atoms with Gasteiger partial charge >= 0.3 is 0 Å². The molecule has 0 unspecified atom stereocenters. The number of benzene rings is 1. The Hall–Kier alpha value is -3.46. The van der Waals surface area contributed by atoms with Gasteiger partial charge in [0.1, 0.15) is 5.56 Å². The van der Waals surface area contributed by atoms with Crippen LogP contribution >= 0.6 is 0 Å². The second kappa shape index (κ2) is 7.84. The summed E-state index contributed by atoms with van der Waals surface area (Å²) < 4.78 is 1.59. The zero-order valence-corrected chi connectivity index (χ0v) is 18.7. The van der Waals surface area contributed by atoms with Crippen molar-refractivity contribution in [1.82, 2.24) is 24.4 Å². The highest BCUT2D eigenvalue weighted by molar-refractivity contribution is 6.10. The number of carbonyl (C=O) groups is 2. The number of piperidine rings is 1. The number of rotatable bonds is 4. The number of aromatic nitrogens is 3. The Morgan fingerprint density at radius 2 is 1.97 bits per heavy atom. The van der Waals surface area contributed by atoms with Gasteiger partial charge in [-0.15, -0.1) is 0 Å². The van der Waals surface area contributed by atoms with Gasteiger partial charge in [-0.05, 0) is 56.1 Å². The smallest absolute Gasteiger partial charge is 0.261 e. The zero-order chi connectivity index (χ0) is 22.5. The summed E-state index contributed by atoms with van der Waals surface area (Å²) in [6.45, 7) is 4.78. The molecule has 0 radical (unpaired) electrons. The summed E-state index contributed by atoms with van der Waals surface area (Å²) in [6, 6.07) is 6.34. The number of fused-ring (bicyclic) bond motifs is 2. The van der Waals surface area contributed by atoms with Crippen LogP contribution in [0.1, 0.15) is 45.5 Å². The van der Waals surface area contributed by atoms with E-state index in [4.69, 9.17) is 0 Å². The first-order valence-electron chi connectivity index (χ1n) is 11.6. The average Bonchev–Trinajstić information content (AvgIpc) is 3.34. The molecular weight excluding hydrogens is 418 g/mol. The summed E-state index contributed by atoms with van der Waals surface area (Å²) in [5.41, 5.74) is 4.26. The molecule has 2 saturated heterocycles. The van der Waals surface area contributed by atoms with Crippen molar-refractivity contribution in [2.45, 2.75) is 31.8 Å². The number of hydrogen-bond acceptors (Lipinski definition) is 6. The van der Waals surface area contributed by atoms with Gasteiger partial charge in [0.2, 0.25) is 0 Å². The van der Waals surface area contributed by atoms with E-state index in [9.17, 15) is 9.59 Å². The molecule has 33 heavy (non-hydrogen) atoms. The van der Waals surface area contributed by atoms with Gasteiger partial charge in [-0.1, -0.05) is 0 Å². The number of anilines is 2. The molecule has 3 aliphatic heterocycles. The lowest BCUT2D eigenvalue weighted by atomic mass is 9.98. The third-order valence-electron chi connectivity index (χ3n) is 7.19. The van der Waals surface area contributed by atoms with Gasteiger partial charge < -0.3 is 20.0 Å². The van der Waals surface area contributed by atoms with E-state index >= 15 is 0 Å². The highest BCUT2D eigenvalue weighted by atomic mass is 16.2. The van der Waals surface area contributed by atoms with Crippen molar-refractivity contribution in [3.63, 3.8) is 0 Å². The van der Waals surface area contributed by atoms with Crippen LogP contribution in [0, 0.1) is 0 Å². The van der Waals surface area contributed by atoms with Gasteiger partial charge in [-0.3, -0.25) is 9.59 Å². The van der Waals surface area contributed by atoms with Crippen LogP contribution in [0.15, 0.2) is 36.8 Å². The van der Waals surface area contributed by atoms with Gasteiger partial charge in [-0.2, -0.15) is 5.10 Å². The molecule has 5 heterocycles. The molecule has 6 rings (SSSR count). The highest BCUT2D eigenvalue weighted by Gasteiger charge is 2.31. The molecular formula is C24H27N7O2. The zero-order valence-electron chi connectivity index (χ0n) is 18.7. The van der Waals surface area contributed by atoms with Crippen molar-refractivity contribution in [3.05, 3.63) is 53.5 Å². The van der Waals surface area contributed by atoms with Crippen molar-refractivity contribution in [2.24, 2.45) is 0 Å². The number of likely N-dealkylation sites (tertiary alicyclic amines) is 1.